The minimum atomic E-state index is -0.911. The number of aryl methyl sites for hydroxylation is 1. The fourth-order valence-corrected chi connectivity index (χ4v) is 4.70. The summed E-state index contributed by atoms with van der Waals surface area (Å²) in [6.45, 7) is 3.89. The SMILES string of the molecule is CNc1cc([C@@H]2CCCCN2Cc2c(OC)cc(C)c3[nH]ccc23)ccc1C(=O)O. The Morgan fingerprint density at radius 2 is 2.13 bits per heavy atom. The zero-order chi connectivity index (χ0) is 21.3. The lowest BCUT2D eigenvalue weighted by Gasteiger charge is -2.37. The largest absolute Gasteiger partial charge is 0.496 e. The minimum absolute atomic E-state index is 0.244. The first-order chi connectivity index (χ1) is 14.5. The Hall–Kier alpha value is -2.99. The molecule has 158 valence electrons. The fourth-order valence-electron chi connectivity index (χ4n) is 4.70. The molecule has 0 radical (unpaired) electrons. The van der Waals surface area contributed by atoms with Crippen LogP contribution in [0.1, 0.15) is 52.4 Å². The van der Waals surface area contributed by atoms with Gasteiger partial charge in [0.25, 0.3) is 0 Å². The average molecular weight is 408 g/mol. The van der Waals surface area contributed by atoms with Crippen LogP contribution in [0.5, 0.6) is 5.75 Å². The first-order valence-corrected chi connectivity index (χ1v) is 10.5. The van der Waals surface area contributed by atoms with Crippen LogP contribution in [0.25, 0.3) is 10.9 Å². The summed E-state index contributed by atoms with van der Waals surface area (Å²) in [5.74, 6) is 0.00621. The number of benzene rings is 2. The number of aromatic nitrogens is 1. The van der Waals surface area contributed by atoms with Gasteiger partial charge < -0.3 is 20.1 Å². The second kappa shape index (κ2) is 8.40. The van der Waals surface area contributed by atoms with Crippen molar-refractivity contribution < 1.29 is 14.6 Å². The molecule has 1 aromatic heterocycles. The van der Waals surface area contributed by atoms with Crippen LogP contribution in [0.4, 0.5) is 5.69 Å². The maximum Gasteiger partial charge on any atom is 0.337 e. The van der Waals surface area contributed by atoms with Gasteiger partial charge >= 0.3 is 5.97 Å². The normalized spacial score (nSPS) is 17.2. The molecule has 2 aromatic carbocycles. The van der Waals surface area contributed by atoms with Crippen LogP contribution in [-0.4, -0.2) is 41.7 Å². The number of methoxy groups -OCH3 is 1. The number of carboxylic acids is 1. The highest BCUT2D eigenvalue weighted by Gasteiger charge is 2.27. The monoisotopic (exact) mass is 407 g/mol. The Balaban J connectivity index is 1.71. The van der Waals surface area contributed by atoms with Gasteiger partial charge in [-0.1, -0.05) is 12.5 Å². The van der Waals surface area contributed by atoms with E-state index in [9.17, 15) is 9.90 Å². The van der Waals surface area contributed by atoms with E-state index in [1.165, 1.54) is 22.9 Å². The third kappa shape index (κ3) is 3.63. The quantitative estimate of drug-likeness (QED) is 0.539. The summed E-state index contributed by atoms with van der Waals surface area (Å²) in [4.78, 5) is 17.4. The highest BCUT2D eigenvalue weighted by molar-refractivity contribution is 5.94. The molecule has 1 saturated heterocycles. The third-order valence-electron chi connectivity index (χ3n) is 6.23. The van der Waals surface area contributed by atoms with E-state index in [0.29, 0.717) is 11.3 Å². The summed E-state index contributed by atoms with van der Waals surface area (Å²) in [5.41, 5.74) is 5.64. The number of aromatic carboxylic acids is 1. The van der Waals surface area contributed by atoms with E-state index < -0.39 is 5.97 Å². The smallest absolute Gasteiger partial charge is 0.337 e. The summed E-state index contributed by atoms with van der Waals surface area (Å²) in [6, 6.07) is 10.1. The standard InChI is InChI=1S/C24H29N3O3/c1-15-12-22(30-3)19(17-9-10-26-23(15)17)14-27-11-5-4-6-21(27)16-7-8-18(24(28)29)20(13-16)25-2/h7-10,12-13,21,25-26H,4-6,11,14H2,1-3H3,(H,28,29)/t21-/m0/s1. The molecule has 3 aromatic rings. The number of piperidine rings is 1. The Bertz CT molecular complexity index is 1070. The summed E-state index contributed by atoms with van der Waals surface area (Å²) in [6.07, 6.45) is 5.37. The lowest BCUT2D eigenvalue weighted by Crippen LogP contribution is -2.33. The number of carbonyl (C=O) groups is 1. The van der Waals surface area contributed by atoms with Gasteiger partial charge in [0.2, 0.25) is 0 Å². The first-order valence-electron chi connectivity index (χ1n) is 10.5. The number of nitrogens with zero attached hydrogens (tertiary/aromatic N) is 1. The van der Waals surface area contributed by atoms with Crippen LogP contribution in [0.3, 0.4) is 0 Å². The average Bonchev–Trinajstić information content (AvgIpc) is 3.26. The number of nitrogens with one attached hydrogen (secondary N) is 2. The van der Waals surface area contributed by atoms with Crippen molar-refractivity contribution in [1.82, 2.24) is 9.88 Å². The van der Waals surface area contributed by atoms with Crippen molar-refractivity contribution in [3.05, 3.63) is 58.8 Å². The van der Waals surface area contributed by atoms with E-state index in [1.807, 2.05) is 18.3 Å². The zero-order valence-electron chi connectivity index (χ0n) is 17.8. The molecule has 0 saturated carbocycles. The summed E-state index contributed by atoms with van der Waals surface area (Å²) < 4.78 is 5.75. The van der Waals surface area contributed by atoms with E-state index in [2.05, 4.69) is 34.3 Å². The van der Waals surface area contributed by atoms with E-state index in [-0.39, 0.29) is 6.04 Å². The Morgan fingerprint density at radius 3 is 2.87 bits per heavy atom. The fraction of sp³-hybridized carbons (Fsp3) is 0.375. The molecule has 30 heavy (non-hydrogen) atoms. The Labute approximate surface area is 176 Å². The second-order valence-corrected chi connectivity index (χ2v) is 7.98. The van der Waals surface area contributed by atoms with E-state index in [4.69, 9.17) is 4.74 Å². The number of carboxylic acid groups (broad SMARTS) is 1. The molecule has 0 amide bonds. The number of hydrogen-bond donors (Lipinski definition) is 3. The van der Waals surface area contributed by atoms with E-state index in [1.54, 1.807) is 20.2 Å². The van der Waals surface area contributed by atoms with Gasteiger partial charge in [-0.2, -0.15) is 0 Å². The summed E-state index contributed by atoms with van der Waals surface area (Å²) in [7, 11) is 3.50. The topological polar surface area (TPSA) is 77.6 Å². The van der Waals surface area contributed by atoms with Crippen LogP contribution in [0, 0.1) is 6.92 Å². The summed E-state index contributed by atoms with van der Waals surface area (Å²) >= 11 is 0. The van der Waals surface area contributed by atoms with Gasteiger partial charge in [0, 0.05) is 48.0 Å². The highest BCUT2D eigenvalue weighted by Crippen LogP contribution is 2.38. The van der Waals surface area contributed by atoms with E-state index >= 15 is 0 Å². The molecule has 6 nitrogen and oxygen atoms in total. The molecule has 4 rings (SSSR count). The van der Waals surface area contributed by atoms with Crippen LogP contribution in [-0.2, 0) is 6.54 Å². The van der Waals surface area contributed by atoms with Crippen molar-refractivity contribution in [2.75, 3.05) is 26.0 Å². The number of rotatable bonds is 6. The van der Waals surface area contributed by atoms with E-state index in [0.717, 1.165) is 42.8 Å². The minimum Gasteiger partial charge on any atom is -0.496 e. The molecule has 1 aliphatic rings. The molecular formula is C24H29N3O3. The van der Waals surface area contributed by atoms with Crippen molar-refractivity contribution >= 4 is 22.6 Å². The number of anilines is 1. The van der Waals surface area contributed by atoms with Gasteiger partial charge in [-0.05, 0) is 61.7 Å². The number of aromatic amines is 1. The van der Waals surface area contributed by atoms with Crippen molar-refractivity contribution in [3.63, 3.8) is 0 Å². The zero-order valence-corrected chi connectivity index (χ0v) is 17.8. The van der Waals surface area contributed by atoms with Crippen molar-refractivity contribution in [2.45, 2.75) is 38.8 Å². The first kappa shape index (κ1) is 20.3. The van der Waals surface area contributed by atoms with Gasteiger partial charge in [0.15, 0.2) is 0 Å². The van der Waals surface area contributed by atoms with Gasteiger partial charge in [-0.15, -0.1) is 0 Å². The number of ether oxygens (including phenoxy) is 1. The van der Waals surface area contributed by atoms with Crippen LogP contribution in [0.15, 0.2) is 36.5 Å². The highest BCUT2D eigenvalue weighted by atomic mass is 16.5. The molecule has 0 bridgehead atoms. The molecule has 2 heterocycles. The molecule has 0 unspecified atom stereocenters. The van der Waals surface area contributed by atoms with Gasteiger partial charge in [0.1, 0.15) is 5.75 Å². The van der Waals surface area contributed by atoms with Gasteiger partial charge in [-0.3, -0.25) is 4.90 Å². The Kier molecular flexibility index (Phi) is 5.68. The predicted molar refractivity (Wildman–Crippen MR) is 120 cm³/mol. The third-order valence-corrected chi connectivity index (χ3v) is 6.23. The maximum atomic E-state index is 11.5. The predicted octanol–water partition coefficient (Wildman–Crippen LogP) is 4.95. The van der Waals surface area contributed by atoms with Gasteiger partial charge in [0.05, 0.1) is 12.7 Å². The number of hydrogen-bond acceptors (Lipinski definition) is 4. The van der Waals surface area contributed by atoms with Crippen LogP contribution >= 0.6 is 0 Å². The molecule has 0 aliphatic carbocycles. The number of likely N-dealkylation sites (tertiary alicyclic amines) is 1. The molecule has 1 atom stereocenters. The molecular weight excluding hydrogens is 378 g/mol. The lowest BCUT2D eigenvalue weighted by molar-refractivity contribution is 0.0698. The van der Waals surface area contributed by atoms with Crippen LogP contribution in [0.2, 0.25) is 0 Å². The molecule has 0 spiro atoms. The van der Waals surface area contributed by atoms with Crippen molar-refractivity contribution in [2.24, 2.45) is 0 Å². The van der Waals surface area contributed by atoms with Crippen molar-refractivity contribution in [1.29, 1.82) is 0 Å². The van der Waals surface area contributed by atoms with Crippen LogP contribution < -0.4 is 10.1 Å². The molecule has 3 N–H and O–H groups in total. The number of H-pyrrole nitrogens is 1. The van der Waals surface area contributed by atoms with Crippen molar-refractivity contribution in [3.8, 4) is 5.75 Å². The molecule has 1 aliphatic heterocycles. The maximum absolute atomic E-state index is 11.5. The lowest BCUT2D eigenvalue weighted by atomic mass is 9.92. The number of fused-ring (bicyclic) bond motifs is 1. The molecule has 6 heteroatoms. The Morgan fingerprint density at radius 1 is 1.30 bits per heavy atom. The summed E-state index contributed by atoms with van der Waals surface area (Å²) in [5, 5.41) is 13.7. The van der Waals surface area contributed by atoms with Gasteiger partial charge in [-0.25, -0.2) is 4.79 Å². The molecule has 1 fully saturated rings. The second-order valence-electron chi connectivity index (χ2n) is 7.98.